The molecule has 0 bridgehead atoms. The highest BCUT2D eigenvalue weighted by molar-refractivity contribution is 7.10. The smallest absolute Gasteiger partial charge is 0.322 e. The maximum atomic E-state index is 12.4. The Hall–Kier alpha value is -2.08. The molecule has 24 heavy (non-hydrogen) atoms. The molecule has 3 rings (SSSR count). The predicted octanol–water partition coefficient (Wildman–Crippen LogP) is 4.36. The van der Waals surface area contributed by atoms with E-state index < -0.39 is 0 Å². The molecule has 0 aromatic carbocycles. The number of amides is 2. The zero-order valence-corrected chi connectivity index (χ0v) is 15.1. The summed E-state index contributed by atoms with van der Waals surface area (Å²) in [7, 11) is 1.81. The first-order chi connectivity index (χ1) is 11.6. The Kier molecular flexibility index (Phi) is 5.35. The van der Waals surface area contributed by atoms with E-state index in [0.717, 1.165) is 24.6 Å². The quantitative estimate of drug-likeness (QED) is 0.896. The highest BCUT2D eigenvalue weighted by atomic mass is 32.1. The molecule has 1 N–H and O–H groups in total. The minimum Gasteiger partial charge on any atom is -0.357 e. The zero-order valence-electron chi connectivity index (χ0n) is 14.2. The van der Waals surface area contributed by atoms with E-state index in [1.165, 1.54) is 24.1 Å². The number of nitrogens with one attached hydrogen (secondary N) is 1. The van der Waals surface area contributed by atoms with Gasteiger partial charge in [-0.25, -0.2) is 9.78 Å². The normalized spacial score (nSPS) is 15.8. The molecular weight excluding hydrogens is 320 g/mol. The van der Waals surface area contributed by atoms with Gasteiger partial charge in [-0.2, -0.15) is 0 Å². The van der Waals surface area contributed by atoms with Crippen LogP contribution in [0, 0.1) is 0 Å². The molecule has 0 radical (unpaired) electrons. The number of carbonyl (C=O) groups is 1. The molecule has 1 aliphatic rings. The summed E-state index contributed by atoms with van der Waals surface area (Å²) in [6.45, 7) is 4.17. The lowest BCUT2D eigenvalue weighted by Gasteiger charge is -2.28. The third kappa shape index (κ3) is 3.87. The molecule has 1 atom stereocenters. The van der Waals surface area contributed by atoms with Crippen molar-refractivity contribution in [1.82, 2.24) is 9.88 Å². The highest BCUT2D eigenvalue weighted by Gasteiger charge is 2.18. The first-order valence-electron chi connectivity index (χ1n) is 8.43. The molecule has 0 aliphatic carbocycles. The molecular formula is C18H24N4OS. The number of thiophene rings is 1. The molecule has 1 aliphatic heterocycles. The van der Waals surface area contributed by atoms with Crippen LogP contribution in [0.4, 0.5) is 16.3 Å². The lowest BCUT2D eigenvalue weighted by atomic mass is 10.1. The van der Waals surface area contributed by atoms with Gasteiger partial charge in [-0.1, -0.05) is 6.07 Å². The molecule has 0 unspecified atom stereocenters. The number of carbonyl (C=O) groups excluding carboxylic acids is 1. The second kappa shape index (κ2) is 7.66. The van der Waals surface area contributed by atoms with Gasteiger partial charge in [0.05, 0.1) is 17.9 Å². The minimum absolute atomic E-state index is 0.0468. The van der Waals surface area contributed by atoms with Gasteiger partial charge in [-0.05, 0) is 49.8 Å². The van der Waals surface area contributed by atoms with Crippen LogP contribution in [0.15, 0.2) is 35.8 Å². The van der Waals surface area contributed by atoms with Crippen LogP contribution in [0.3, 0.4) is 0 Å². The Morgan fingerprint density at radius 1 is 1.29 bits per heavy atom. The highest BCUT2D eigenvalue weighted by Crippen LogP contribution is 2.24. The number of rotatable bonds is 4. The van der Waals surface area contributed by atoms with Gasteiger partial charge in [0.1, 0.15) is 5.82 Å². The van der Waals surface area contributed by atoms with Crippen molar-refractivity contribution in [3.63, 3.8) is 0 Å². The summed E-state index contributed by atoms with van der Waals surface area (Å²) in [6, 6.07) is 7.90. The van der Waals surface area contributed by atoms with Crippen molar-refractivity contribution in [3.8, 4) is 0 Å². The van der Waals surface area contributed by atoms with Crippen molar-refractivity contribution in [2.24, 2.45) is 0 Å². The largest absolute Gasteiger partial charge is 0.357 e. The van der Waals surface area contributed by atoms with Crippen LogP contribution >= 0.6 is 11.3 Å². The van der Waals surface area contributed by atoms with Gasteiger partial charge >= 0.3 is 6.03 Å². The first kappa shape index (κ1) is 16.8. The van der Waals surface area contributed by atoms with Crippen LogP contribution in [0.25, 0.3) is 0 Å². The standard InChI is InChI=1S/C18H24N4OS/c1-14(16-7-6-12-24-16)21(2)18(23)20-15-8-9-17(19-13-15)22-10-4-3-5-11-22/h6-9,12-14H,3-5,10-11H2,1-2H3,(H,20,23)/t14-/m1/s1. The maximum absolute atomic E-state index is 12.4. The monoisotopic (exact) mass is 344 g/mol. The number of aromatic nitrogens is 1. The van der Waals surface area contributed by atoms with Gasteiger partial charge in [-0.3, -0.25) is 0 Å². The summed E-state index contributed by atoms with van der Waals surface area (Å²) in [5.41, 5.74) is 0.728. The van der Waals surface area contributed by atoms with E-state index in [9.17, 15) is 4.79 Å². The Bertz CT molecular complexity index is 650. The van der Waals surface area contributed by atoms with Crippen molar-refractivity contribution in [2.45, 2.75) is 32.2 Å². The second-order valence-corrected chi connectivity index (χ2v) is 7.16. The third-order valence-corrected chi connectivity index (χ3v) is 5.58. The van der Waals surface area contributed by atoms with Crippen LogP contribution in [0.2, 0.25) is 0 Å². The van der Waals surface area contributed by atoms with E-state index in [4.69, 9.17) is 0 Å². The minimum atomic E-state index is -0.122. The summed E-state index contributed by atoms with van der Waals surface area (Å²) in [4.78, 5) is 22.1. The van der Waals surface area contributed by atoms with Crippen molar-refractivity contribution in [3.05, 3.63) is 40.7 Å². The van der Waals surface area contributed by atoms with Gasteiger partial charge in [0.2, 0.25) is 0 Å². The molecule has 2 aromatic rings. The summed E-state index contributed by atoms with van der Waals surface area (Å²) < 4.78 is 0. The van der Waals surface area contributed by atoms with Gasteiger partial charge in [0, 0.05) is 25.0 Å². The Balaban J connectivity index is 1.59. The van der Waals surface area contributed by atoms with Crippen molar-refractivity contribution in [2.75, 3.05) is 30.4 Å². The van der Waals surface area contributed by atoms with E-state index in [0.29, 0.717) is 0 Å². The Morgan fingerprint density at radius 3 is 2.71 bits per heavy atom. The van der Waals surface area contributed by atoms with E-state index in [2.05, 4.69) is 15.2 Å². The van der Waals surface area contributed by atoms with Crippen LogP contribution < -0.4 is 10.2 Å². The molecule has 2 aromatic heterocycles. The molecule has 6 heteroatoms. The van der Waals surface area contributed by atoms with Gasteiger partial charge in [0.15, 0.2) is 0 Å². The summed E-state index contributed by atoms with van der Waals surface area (Å²) in [5, 5.41) is 4.95. The van der Waals surface area contributed by atoms with Gasteiger partial charge in [0.25, 0.3) is 0 Å². The topological polar surface area (TPSA) is 48.5 Å². The number of anilines is 2. The average molecular weight is 344 g/mol. The molecule has 1 saturated heterocycles. The van der Waals surface area contributed by atoms with Crippen LogP contribution in [0.1, 0.15) is 37.1 Å². The molecule has 0 saturated carbocycles. The zero-order chi connectivity index (χ0) is 16.9. The molecule has 5 nitrogen and oxygen atoms in total. The SMILES string of the molecule is C[C@H](c1cccs1)N(C)C(=O)Nc1ccc(N2CCCCC2)nc1. The lowest BCUT2D eigenvalue weighted by molar-refractivity contribution is 0.209. The van der Waals surface area contributed by atoms with Crippen molar-refractivity contribution >= 4 is 28.9 Å². The van der Waals surface area contributed by atoms with Gasteiger partial charge < -0.3 is 15.1 Å². The predicted molar refractivity (Wildman–Crippen MR) is 99.8 cm³/mol. The average Bonchev–Trinajstić information content (AvgIpc) is 3.16. The molecule has 0 spiro atoms. The van der Waals surface area contributed by atoms with Crippen molar-refractivity contribution in [1.29, 1.82) is 0 Å². The lowest BCUT2D eigenvalue weighted by Crippen LogP contribution is -2.33. The van der Waals surface area contributed by atoms with E-state index in [-0.39, 0.29) is 12.1 Å². The maximum Gasteiger partial charge on any atom is 0.322 e. The molecule has 1 fully saturated rings. The fraction of sp³-hybridized carbons (Fsp3) is 0.444. The molecule has 128 valence electrons. The van der Waals surface area contributed by atoms with E-state index in [1.54, 1.807) is 22.4 Å². The summed E-state index contributed by atoms with van der Waals surface area (Å²) in [6.07, 6.45) is 5.50. The van der Waals surface area contributed by atoms with Crippen LogP contribution in [0.5, 0.6) is 0 Å². The van der Waals surface area contributed by atoms with Crippen LogP contribution in [-0.2, 0) is 0 Å². The molecule has 2 amide bonds. The van der Waals surface area contributed by atoms with E-state index >= 15 is 0 Å². The Morgan fingerprint density at radius 2 is 2.08 bits per heavy atom. The number of hydrogen-bond donors (Lipinski definition) is 1. The van der Waals surface area contributed by atoms with E-state index in [1.807, 2.05) is 43.6 Å². The van der Waals surface area contributed by atoms with Gasteiger partial charge in [-0.15, -0.1) is 11.3 Å². The number of nitrogens with zero attached hydrogens (tertiary/aromatic N) is 3. The number of piperidine rings is 1. The third-order valence-electron chi connectivity index (χ3n) is 4.54. The summed E-state index contributed by atoms with van der Waals surface area (Å²) >= 11 is 1.66. The second-order valence-electron chi connectivity index (χ2n) is 6.19. The summed E-state index contributed by atoms with van der Waals surface area (Å²) in [5.74, 6) is 0.994. The number of pyridine rings is 1. The number of hydrogen-bond acceptors (Lipinski definition) is 4. The Labute approximate surface area is 147 Å². The number of urea groups is 1. The first-order valence-corrected chi connectivity index (χ1v) is 9.31. The molecule has 3 heterocycles. The van der Waals surface area contributed by atoms with Crippen molar-refractivity contribution < 1.29 is 4.79 Å². The van der Waals surface area contributed by atoms with Crippen LogP contribution in [-0.4, -0.2) is 36.1 Å². The fourth-order valence-corrected chi connectivity index (χ4v) is 3.70. The fourth-order valence-electron chi connectivity index (χ4n) is 2.88.